The number of nitrogens with zero attached hydrogens (tertiary/aromatic N) is 3. The van der Waals surface area contributed by atoms with Crippen molar-refractivity contribution < 1.29 is 13.2 Å². The van der Waals surface area contributed by atoms with Crippen molar-refractivity contribution in [3.8, 4) is 0 Å². The lowest BCUT2D eigenvalue weighted by Gasteiger charge is -2.40. The molecule has 0 N–H and O–H groups in total. The van der Waals surface area contributed by atoms with Crippen molar-refractivity contribution in [3.05, 3.63) is 98.0 Å². The van der Waals surface area contributed by atoms with Crippen LogP contribution in [0.2, 0.25) is 10.0 Å². The van der Waals surface area contributed by atoms with E-state index in [0.29, 0.717) is 28.7 Å². The van der Waals surface area contributed by atoms with E-state index in [9.17, 15) is 13.2 Å². The van der Waals surface area contributed by atoms with Gasteiger partial charge < -0.3 is 9.80 Å². The summed E-state index contributed by atoms with van der Waals surface area (Å²) in [6.45, 7) is 9.78. The molecule has 2 aliphatic rings. The molecule has 1 fully saturated rings. The molecule has 0 radical (unpaired) electrons. The first kappa shape index (κ1) is 31.8. The van der Waals surface area contributed by atoms with Gasteiger partial charge in [0.1, 0.15) is 0 Å². The Hall–Kier alpha value is -2.58. The van der Waals surface area contributed by atoms with Gasteiger partial charge in [-0.05, 0) is 101 Å². The Bertz CT molecular complexity index is 1610. The predicted octanol–water partition coefficient (Wildman–Crippen LogP) is 6.98. The molecule has 9 heteroatoms. The molecular weight excluding hydrogens is 601 g/mol. The van der Waals surface area contributed by atoms with Crippen molar-refractivity contribution in [2.75, 3.05) is 50.3 Å². The smallest absolute Gasteiger partial charge is 0.253 e. The van der Waals surface area contributed by atoms with Gasteiger partial charge in [-0.25, -0.2) is 8.42 Å². The van der Waals surface area contributed by atoms with Crippen LogP contribution in [0.5, 0.6) is 0 Å². The van der Waals surface area contributed by atoms with Crippen molar-refractivity contribution in [1.82, 2.24) is 9.80 Å². The number of benzene rings is 3. The topological polar surface area (TPSA) is 60.9 Å². The molecule has 230 valence electrons. The van der Waals surface area contributed by atoms with Crippen molar-refractivity contribution in [2.45, 2.75) is 51.4 Å². The third-order valence-corrected chi connectivity index (χ3v) is 11.0. The Labute approximate surface area is 266 Å². The maximum absolute atomic E-state index is 13.4. The van der Waals surface area contributed by atoms with E-state index in [1.165, 1.54) is 6.26 Å². The molecule has 5 rings (SSSR count). The van der Waals surface area contributed by atoms with Crippen molar-refractivity contribution >= 4 is 44.8 Å². The minimum Gasteiger partial charge on any atom is -0.341 e. The molecule has 2 aliphatic heterocycles. The van der Waals surface area contributed by atoms with Gasteiger partial charge in [-0.2, -0.15) is 0 Å². The van der Waals surface area contributed by atoms with E-state index in [1.54, 1.807) is 4.31 Å². The zero-order chi connectivity index (χ0) is 31.1. The molecule has 6 nitrogen and oxygen atoms in total. The van der Waals surface area contributed by atoms with Crippen LogP contribution >= 0.6 is 23.2 Å². The van der Waals surface area contributed by atoms with Gasteiger partial charge in [0.05, 0.1) is 22.0 Å². The molecule has 1 amide bonds. The molecule has 3 aromatic rings. The van der Waals surface area contributed by atoms with Crippen LogP contribution in [0.15, 0.2) is 54.6 Å². The lowest BCUT2D eigenvalue weighted by atomic mass is 9.74. The highest BCUT2D eigenvalue weighted by molar-refractivity contribution is 7.92. The number of hydrogen-bond donors (Lipinski definition) is 0. The Kier molecular flexibility index (Phi) is 9.20. The van der Waals surface area contributed by atoms with Crippen LogP contribution in [0.4, 0.5) is 5.69 Å². The van der Waals surface area contributed by atoms with Gasteiger partial charge in [0.25, 0.3) is 5.91 Å². The predicted molar refractivity (Wildman–Crippen MR) is 177 cm³/mol. The van der Waals surface area contributed by atoms with Crippen LogP contribution in [-0.4, -0.2) is 70.2 Å². The molecule has 3 aromatic carbocycles. The summed E-state index contributed by atoms with van der Waals surface area (Å²) in [6, 6.07) is 17.9. The second-order valence-corrected chi connectivity index (χ2v) is 15.4. The van der Waals surface area contributed by atoms with Gasteiger partial charge in [-0.3, -0.25) is 9.10 Å². The number of hydrogen-bond acceptors (Lipinski definition) is 4. The van der Waals surface area contributed by atoms with Gasteiger partial charge >= 0.3 is 0 Å². The van der Waals surface area contributed by atoms with Gasteiger partial charge in [0.2, 0.25) is 10.0 Å². The molecule has 0 unspecified atom stereocenters. The van der Waals surface area contributed by atoms with Gasteiger partial charge in [-0.15, -0.1) is 0 Å². The highest BCUT2D eigenvalue weighted by Gasteiger charge is 2.47. The summed E-state index contributed by atoms with van der Waals surface area (Å²) in [4.78, 5) is 17.7. The number of amides is 1. The average Bonchev–Trinajstić information content (AvgIpc) is 3.26. The second-order valence-electron chi connectivity index (χ2n) is 12.6. The quantitative estimate of drug-likeness (QED) is 0.266. The summed E-state index contributed by atoms with van der Waals surface area (Å²) in [5, 5.41) is 1.03. The number of carbonyl (C=O) groups is 1. The molecule has 2 heterocycles. The van der Waals surface area contributed by atoms with E-state index in [-0.39, 0.29) is 17.2 Å². The number of carbonyl (C=O) groups excluding carboxylic acids is 1. The Balaban J connectivity index is 1.30. The molecule has 0 aromatic heterocycles. The summed E-state index contributed by atoms with van der Waals surface area (Å²) in [6.07, 6.45) is 3.95. The minimum absolute atomic E-state index is 0.00222. The number of anilines is 1. The van der Waals surface area contributed by atoms with E-state index in [4.69, 9.17) is 23.2 Å². The average molecular weight is 643 g/mol. The molecule has 0 bridgehead atoms. The van der Waals surface area contributed by atoms with Gasteiger partial charge in [0, 0.05) is 37.0 Å². The first-order valence-corrected chi connectivity index (χ1v) is 17.5. The van der Waals surface area contributed by atoms with Crippen LogP contribution in [-0.2, 0) is 15.4 Å². The fourth-order valence-electron chi connectivity index (χ4n) is 6.87. The maximum Gasteiger partial charge on any atom is 0.253 e. The number of aryl methyl sites for hydroxylation is 3. The molecule has 0 aliphatic carbocycles. The molecule has 1 atom stereocenters. The van der Waals surface area contributed by atoms with E-state index in [1.807, 2.05) is 68.3 Å². The van der Waals surface area contributed by atoms with Gasteiger partial charge in [0.15, 0.2) is 0 Å². The third-order valence-electron chi connectivity index (χ3n) is 9.17. The summed E-state index contributed by atoms with van der Waals surface area (Å²) in [5.74, 6) is 0.0727. The van der Waals surface area contributed by atoms with Crippen LogP contribution in [0, 0.1) is 20.8 Å². The number of piperidine rings is 1. The largest absolute Gasteiger partial charge is 0.341 e. The van der Waals surface area contributed by atoms with Gasteiger partial charge in [-0.1, -0.05) is 64.2 Å². The summed E-state index contributed by atoms with van der Waals surface area (Å²) in [7, 11) is -1.49. The van der Waals surface area contributed by atoms with Crippen molar-refractivity contribution in [1.29, 1.82) is 0 Å². The zero-order valence-electron chi connectivity index (χ0n) is 25.7. The summed E-state index contributed by atoms with van der Waals surface area (Å²) >= 11 is 12.7. The Morgan fingerprint density at radius 1 is 0.930 bits per heavy atom. The zero-order valence-corrected chi connectivity index (χ0v) is 28.0. The molecule has 43 heavy (non-hydrogen) atoms. The monoisotopic (exact) mass is 641 g/mol. The van der Waals surface area contributed by atoms with Crippen molar-refractivity contribution in [2.24, 2.45) is 0 Å². The lowest BCUT2D eigenvalue weighted by Crippen LogP contribution is -2.46. The normalized spacial score (nSPS) is 17.2. The first-order valence-electron chi connectivity index (χ1n) is 14.9. The van der Waals surface area contributed by atoms with Crippen LogP contribution in [0.1, 0.15) is 63.4 Å². The van der Waals surface area contributed by atoms with Crippen LogP contribution in [0.3, 0.4) is 0 Å². The molecule has 0 saturated carbocycles. The maximum atomic E-state index is 13.4. The highest BCUT2D eigenvalue weighted by Crippen LogP contribution is 2.48. The number of likely N-dealkylation sites (N-methyl/N-ethyl adjacent to an activating group) is 1. The van der Waals surface area contributed by atoms with E-state index < -0.39 is 10.0 Å². The second kappa shape index (κ2) is 12.4. The lowest BCUT2D eigenvalue weighted by molar-refractivity contribution is 0.0780. The molecule has 1 spiro atoms. The Morgan fingerprint density at radius 3 is 2.23 bits per heavy atom. The molecule has 1 saturated heterocycles. The first-order chi connectivity index (χ1) is 20.3. The molecular formula is C34H41Cl2N3O3S. The van der Waals surface area contributed by atoms with E-state index >= 15 is 0 Å². The fourth-order valence-corrected chi connectivity index (χ4v) is 8.17. The number of likely N-dealkylation sites (tertiary alicyclic amines) is 1. The SMILES string of the molecule is Cc1cc(C)cc(C(=O)N(C)C[C@@H](CCN2CCC3(CC2)CN(S(C)(=O)=O)c2ccc(C)cc23)c2ccc(Cl)c(Cl)c2)c1. The van der Waals surface area contributed by atoms with Crippen LogP contribution in [0.25, 0.3) is 0 Å². The number of fused-ring (bicyclic) bond motifs is 2. The fraction of sp³-hybridized carbons (Fsp3) is 0.441. The number of halogens is 2. The van der Waals surface area contributed by atoms with Crippen molar-refractivity contribution in [3.63, 3.8) is 0 Å². The van der Waals surface area contributed by atoms with E-state index in [2.05, 4.69) is 24.0 Å². The summed E-state index contributed by atoms with van der Waals surface area (Å²) < 4.78 is 26.9. The number of rotatable bonds is 8. The Morgan fingerprint density at radius 2 is 1.60 bits per heavy atom. The van der Waals surface area contributed by atoms with E-state index in [0.717, 1.165) is 72.4 Å². The third kappa shape index (κ3) is 6.90. The highest BCUT2D eigenvalue weighted by atomic mass is 35.5. The van der Waals surface area contributed by atoms with Crippen LogP contribution < -0.4 is 4.31 Å². The summed E-state index contributed by atoms with van der Waals surface area (Å²) in [5.41, 5.74) is 6.88. The number of sulfonamides is 1. The standard InChI is InChI=1S/C34H41Cl2N3O3S/c1-23-6-9-32-29(19-23)34(22-39(32)43(5,41)42)11-14-38(15-12-34)13-10-27(26-7-8-30(35)31(36)20-26)21-37(4)33(40)28-17-24(2)16-25(3)18-28/h6-9,16-20,27H,10-15,21-22H2,1-5H3/t27-/m1/s1. The minimum atomic E-state index is -3.35.